The van der Waals surface area contributed by atoms with Gasteiger partial charge in [-0.05, 0) is 31.7 Å². The Morgan fingerprint density at radius 3 is 2.47 bits per heavy atom. The van der Waals surface area contributed by atoms with E-state index in [1.165, 1.54) is 19.9 Å². The maximum atomic E-state index is 11.6. The number of nitrogens with one attached hydrogen (secondary N) is 2. The predicted octanol–water partition coefficient (Wildman–Crippen LogP) is 0.952. The molecule has 17 heavy (non-hydrogen) atoms. The highest BCUT2D eigenvalue weighted by atomic mass is 16.2. The molecule has 0 aromatic carbocycles. The molecule has 0 bridgehead atoms. The van der Waals surface area contributed by atoms with Crippen LogP contribution in [0, 0.1) is 5.92 Å². The van der Waals surface area contributed by atoms with Crippen LogP contribution in [0.1, 0.15) is 33.1 Å². The molecule has 0 heterocycles. The van der Waals surface area contributed by atoms with Gasteiger partial charge in [0, 0.05) is 13.1 Å². The second-order valence-electron chi connectivity index (χ2n) is 5.01. The summed E-state index contributed by atoms with van der Waals surface area (Å²) in [4.78, 5) is 24.8. The molecule has 1 fully saturated rings. The van der Waals surface area contributed by atoms with Crippen molar-refractivity contribution in [2.45, 2.75) is 39.2 Å². The van der Waals surface area contributed by atoms with Gasteiger partial charge in [0.15, 0.2) is 0 Å². The Morgan fingerprint density at radius 1 is 1.35 bits per heavy atom. The first-order chi connectivity index (χ1) is 8.02. The quantitative estimate of drug-likeness (QED) is 0.728. The summed E-state index contributed by atoms with van der Waals surface area (Å²) < 4.78 is 0. The van der Waals surface area contributed by atoms with E-state index < -0.39 is 6.03 Å². The molecule has 0 unspecified atom stereocenters. The minimum absolute atomic E-state index is 0.222. The molecule has 0 radical (unpaired) electrons. The fourth-order valence-electron chi connectivity index (χ4n) is 1.67. The predicted molar refractivity (Wildman–Crippen MR) is 66.6 cm³/mol. The van der Waals surface area contributed by atoms with Crippen molar-refractivity contribution in [3.63, 3.8) is 0 Å². The molecule has 0 aromatic rings. The van der Waals surface area contributed by atoms with Gasteiger partial charge in [-0.3, -0.25) is 15.0 Å². The van der Waals surface area contributed by atoms with Gasteiger partial charge in [-0.15, -0.1) is 0 Å². The second-order valence-corrected chi connectivity index (χ2v) is 5.01. The van der Waals surface area contributed by atoms with Crippen molar-refractivity contribution in [1.29, 1.82) is 0 Å². The van der Waals surface area contributed by atoms with Crippen LogP contribution in [0.25, 0.3) is 0 Å². The summed E-state index contributed by atoms with van der Waals surface area (Å²) in [6.45, 7) is 5.61. The lowest BCUT2D eigenvalue weighted by molar-refractivity contribution is -0.121. The highest BCUT2D eigenvalue weighted by molar-refractivity contribution is 5.95. The van der Waals surface area contributed by atoms with Gasteiger partial charge in [-0.2, -0.15) is 0 Å². The standard InChI is InChI=1S/C12H23N3O2/c1-9(2)6-7-15(10-4-5-10)8-11(16)14-12(17)13-3/h9-10H,4-8H2,1-3H3,(H2,13,14,16,17). The van der Waals surface area contributed by atoms with Gasteiger partial charge in [0.05, 0.1) is 6.54 Å². The SMILES string of the molecule is CNC(=O)NC(=O)CN(CCC(C)C)C1CC1. The molecule has 0 saturated heterocycles. The molecule has 5 heteroatoms. The highest BCUT2D eigenvalue weighted by Crippen LogP contribution is 2.27. The zero-order valence-electron chi connectivity index (χ0n) is 11.0. The molecular weight excluding hydrogens is 218 g/mol. The first kappa shape index (κ1) is 14.0. The van der Waals surface area contributed by atoms with E-state index in [4.69, 9.17) is 0 Å². The Hall–Kier alpha value is -1.10. The zero-order chi connectivity index (χ0) is 12.8. The lowest BCUT2D eigenvalue weighted by Gasteiger charge is -2.21. The van der Waals surface area contributed by atoms with Crippen LogP contribution in [0.2, 0.25) is 0 Å². The minimum atomic E-state index is -0.436. The lowest BCUT2D eigenvalue weighted by Crippen LogP contribution is -2.44. The average Bonchev–Trinajstić information content (AvgIpc) is 3.07. The molecule has 1 aliphatic carbocycles. The van der Waals surface area contributed by atoms with E-state index in [0.717, 1.165) is 13.0 Å². The van der Waals surface area contributed by atoms with Crippen LogP contribution in [0.4, 0.5) is 4.79 Å². The van der Waals surface area contributed by atoms with Gasteiger partial charge >= 0.3 is 6.03 Å². The molecule has 5 nitrogen and oxygen atoms in total. The molecule has 1 rings (SSSR count). The van der Waals surface area contributed by atoms with Gasteiger partial charge in [-0.25, -0.2) is 4.79 Å². The molecule has 98 valence electrons. The van der Waals surface area contributed by atoms with E-state index in [-0.39, 0.29) is 5.91 Å². The Kier molecular flexibility index (Phi) is 5.41. The molecule has 1 aliphatic rings. The first-order valence-electron chi connectivity index (χ1n) is 6.28. The summed E-state index contributed by atoms with van der Waals surface area (Å²) in [5, 5.41) is 4.67. The second kappa shape index (κ2) is 6.59. The molecule has 0 spiro atoms. The number of carbonyl (C=O) groups is 2. The number of imide groups is 1. The number of amides is 3. The number of nitrogens with zero attached hydrogens (tertiary/aromatic N) is 1. The van der Waals surface area contributed by atoms with E-state index in [1.807, 2.05) is 0 Å². The van der Waals surface area contributed by atoms with Crippen LogP contribution in [0.5, 0.6) is 0 Å². The van der Waals surface area contributed by atoms with Crippen LogP contribution < -0.4 is 10.6 Å². The van der Waals surface area contributed by atoms with Crippen LogP contribution in [0.15, 0.2) is 0 Å². The third kappa shape index (κ3) is 5.68. The van der Waals surface area contributed by atoms with Crippen LogP contribution in [-0.4, -0.2) is 43.0 Å². The van der Waals surface area contributed by atoms with Crippen molar-refractivity contribution in [3.8, 4) is 0 Å². The maximum absolute atomic E-state index is 11.6. The van der Waals surface area contributed by atoms with Crippen molar-refractivity contribution >= 4 is 11.9 Å². The van der Waals surface area contributed by atoms with Crippen LogP contribution in [0.3, 0.4) is 0 Å². The third-order valence-electron chi connectivity index (χ3n) is 2.88. The molecule has 0 atom stereocenters. The van der Waals surface area contributed by atoms with E-state index in [9.17, 15) is 9.59 Å². The van der Waals surface area contributed by atoms with Gasteiger partial charge in [0.25, 0.3) is 0 Å². The van der Waals surface area contributed by atoms with E-state index in [0.29, 0.717) is 18.5 Å². The van der Waals surface area contributed by atoms with Crippen molar-refractivity contribution < 1.29 is 9.59 Å². The van der Waals surface area contributed by atoms with Crippen molar-refractivity contribution in [3.05, 3.63) is 0 Å². The fraction of sp³-hybridized carbons (Fsp3) is 0.833. The molecule has 1 saturated carbocycles. The summed E-state index contributed by atoms with van der Waals surface area (Å²) in [5.41, 5.74) is 0. The summed E-state index contributed by atoms with van der Waals surface area (Å²) in [7, 11) is 1.50. The topological polar surface area (TPSA) is 61.4 Å². The largest absolute Gasteiger partial charge is 0.341 e. The number of rotatable bonds is 6. The molecule has 0 aromatic heterocycles. The lowest BCUT2D eigenvalue weighted by atomic mass is 10.1. The van der Waals surface area contributed by atoms with E-state index >= 15 is 0 Å². The number of hydrogen-bond donors (Lipinski definition) is 2. The summed E-state index contributed by atoms with van der Waals surface area (Å²) in [5.74, 6) is 0.415. The molecule has 0 aliphatic heterocycles. The van der Waals surface area contributed by atoms with Crippen LogP contribution >= 0.6 is 0 Å². The maximum Gasteiger partial charge on any atom is 0.321 e. The normalized spacial score (nSPS) is 15.1. The Morgan fingerprint density at radius 2 is 2.00 bits per heavy atom. The minimum Gasteiger partial charge on any atom is -0.341 e. The van der Waals surface area contributed by atoms with Crippen molar-refractivity contribution in [2.75, 3.05) is 20.1 Å². The van der Waals surface area contributed by atoms with Crippen molar-refractivity contribution in [2.24, 2.45) is 5.92 Å². The fourth-order valence-corrected chi connectivity index (χ4v) is 1.67. The monoisotopic (exact) mass is 241 g/mol. The summed E-state index contributed by atoms with van der Waals surface area (Å²) in [6.07, 6.45) is 3.43. The van der Waals surface area contributed by atoms with Gasteiger partial charge in [0.2, 0.25) is 5.91 Å². The Labute approximate surface area is 103 Å². The number of carbonyl (C=O) groups excluding carboxylic acids is 2. The summed E-state index contributed by atoms with van der Waals surface area (Å²) in [6, 6.07) is 0.110. The van der Waals surface area contributed by atoms with Crippen molar-refractivity contribution in [1.82, 2.24) is 15.5 Å². The van der Waals surface area contributed by atoms with Gasteiger partial charge in [-0.1, -0.05) is 13.8 Å². The molecular formula is C12H23N3O2. The summed E-state index contributed by atoms with van der Waals surface area (Å²) >= 11 is 0. The van der Waals surface area contributed by atoms with Gasteiger partial charge in [0.1, 0.15) is 0 Å². The zero-order valence-corrected chi connectivity index (χ0v) is 11.0. The number of hydrogen-bond acceptors (Lipinski definition) is 3. The van der Waals surface area contributed by atoms with E-state index in [1.54, 1.807) is 0 Å². The third-order valence-corrected chi connectivity index (χ3v) is 2.88. The first-order valence-corrected chi connectivity index (χ1v) is 6.28. The Bertz CT molecular complexity index is 275. The van der Waals surface area contributed by atoms with E-state index in [2.05, 4.69) is 29.4 Å². The highest BCUT2D eigenvalue weighted by Gasteiger charge is 2.30. The van der Waals surface area contributed by atoms with Gasteiger partial charge < -0.3 is 5.32 Å². The molecule has 2 N–H and O–H groups in total. The number of urea groups is 1. The Balaban J connectivity index is 2.33. The average molecular weight is 241 g/mol. The van der Waals surface area contributed by atoms with Crippen LogP contribution in [-0.2, 0) is 4.79 Å². The smallest absolute Gasteiger partial charge is 0.321 e. The molecule has 3 amide bonds.